The Hall–Kier alpha value is -1.59. The van der Waals surface area contributed by atoms with Crippen molar-refractivity contribution in [3.8, 4) is 0 Å². The molecule has 22 heavy (non-hydrogen) atoms. The zero-order valence-electron chi connectivity index (χ0n) is 13.3. The largest absolute Gasteiger partial charge is 0.388 e. The van der Waals surface area contributed by atoms with Gasteiger partial charge in [-0.25, -0.2) is 4.79 Å². The van der Waals surface area contributed by atoms with Gasteiger partial charge in [-0.05, 0) is 18.4 Å². The molecule has 1 saturated carbocycles. The van der Waals surface area contributed by atoms with Crippen LogP contribution in [0, 0.1) is 0 Å². The van der Waals surface area contributed by atoms with Crippen LogP contribution in [0.25, 0.3) is 0 Å². The van der Waals surface area contributed by atoms with E-state index in [-0.39, 0.29) is 6.03 Å². The number of urea groups is 1. The van der Waals surface area contributed by atoms with E-state index in [1.807, 2.05) is 30.3 Å². The summed E-state index contributed by atoms with van der Waals surface area (Å²) in [5.41, 5.74) is 0.318. The monoisotopic (exact) mass is 306 g/mol. The molecule has 0 unspecified atom stereocenters. The summed E-state index contributed by atoms with van der Waals surface area (Å²) in [7, 11) is 1.61. The van der Waals surface area contributed by atoms with Crippen molar-refractivity contribution in [2.45, 2.75) is 37.8 Å². The summed E-state index contributed by atoms with van der Waals surface area (Å²) >= 11 is 0. The number of hydrogen-bond donors (Lipinski definition) is 2. The van der Waals surface area contributed by atoms with E-state index in [1.165, 1.54) is 0 Å². The highest BCUT2D eigenvalue weighted by Crippen LogP contribution is 2.30. The molecule has 0 atom stereocenters. The standard InChI is InChI=1S/C17H26N2O3/c1-22-12-11-18-16(20)19(13-15-7-3-2-4-8-15)14-17(21)9-5-6-10-17/h2-4,7-8,21H,5-6,9-14H2,1H3,(H,18,20). The van der Waals surface area contributed by atoms with Crippen molar-refractivity contribution in [2.24, 2.45) is 0 Å². The van der Waals surface area contributed by atoms with Crippen molar-refractivity contribution in [1.82, 2.24) is 10.2 Å². The van der Waals surface area contributed by atoms with Gasteiger partial charge in [0.2, 0.25) is 0 Å². The van der Waals surface area contributed by atoms with E-state index < -0.39 is 5.60 Å². The van der Waals surface area contributed by atoms with Crippen LogP contribution in [-0.2, 0) is 11.3 Å². The lowest BCUT2D eigenvalue weighted by molar-refractivity contribution is 0.0174. The lowest BCUT2D eigenvalue weighted by Gasteiger charge is -2.31. The number of ether oxygens (including phenoxy) is 1. The molecule has 1 aromatic carbocycles. The quantitative estimate of drug-likeness (QED) is 0.759. The van der Waals surface area contributed by atoms with Crippen LogP contribution in [0.2, 0.25) is 0 Å². The third-order valence-corrected chi connectivity index (χ3v) is 4.11. The Morgan fingerprint density at radius 3 is 2.64 bits per heavy atom. The number of carbonyl (C=O) groups excluding carboxylic acids is 1. The molecule has 2 amide bonds. The Labute approximate surface area is 132 Å². The average molecular weight is 306 g/mol. The smallest absolute Gasteiger partial charge is 0.317 e. The van der Waals surface area contributed by atoms with E-state index in [2.05, 4.69) is 5.32 Å². The summed E-state index contributed by atoms with van der Waals surface area (Å²) in [6, 6.07) is 9.71. The zero-order chi connectivity index (χ0) is 15.8. The van der Waals surface area contributed by atoms with Crippen molar-refractivity contribution in [3.05, 3.63) is 35.9 Å². The number of amides is 2. The van der Waals surface area contributed by atoms with Crippen molar-refractivity contribution < 1.29 is 14.6 Å². The fourth-order valence-electron chi connectivity index (χ4n) is 2.92. The van der Waals surface area contributed by atoms with E-state index in [1.54, 1.807) is 12.0 Å². The average Bonchev–Trinajstić information content (AvgIpc) is 2.94. The molecular formula is C17H26N2O3. The molecule has 0 radical (unpaired) electrons. The summed E-state index contributed by atoms with van der Waals surface area (Å²) in [4.78, 5) is 14.1. The minimum Gasteiger partial charge on any atom is -0.388 e. The normalized spacial score (nSPS) is 16.5. The molecule has 1 aromatic rings. The third kappa shape index (κ3) is 5.00. The maximum Gasteiger partial charge on any atom is 0.317 e. The fraction of sp³-hybridized carbons (Fsp3) is 0.588. The molecule has 5 nitrogen and oxygen atoms in total. The van der Waals surface area contributed by atoms with Gasteiger partial charge < -0.3 is 20.1 Å². The van der Waals surface area contributed by atoms with Gasteiger partial charge in [0, 0.05) is 20.2 Å². The van der Waals surface area contributed by atoms with Gasteiger partial charge in [-0.2, -0.15) is 0 Å². The topological polar surface area (TPSA) is 61.8 Å². The minimum absolute atomic E-state index is 0.152. The molecule has 0 aromatic heterocycles. The van der Waals surface area contributed by atoms with Crippen LogP contribution >= 0.6 is 0 Å². The van der Waals surface area contributed by atoms with Crippen molar-refractivity contribution in [1.29, 1.82) is 0 Å². The third-order valence-electron chi connectivity index (χ3n) is 4.11. The molecule has 2 rings (SSSR count). The van der Waals surface area contributed by atoms with E-state index in [0.29, 0.717) is 26.2 Å². The Kier molecular flexibility index (Phi) is 6.21. The molecule has 2 N–H and O–H groups in total. The highest BCUT2D eigenvalue weighted by molar-refractivity contribution is 5.74. The van der Waals surface area contributed by atoms with Crippen molar-refractivity contribution >= 4 is 6.03 Å². The number of aliphatic hydroxyl groups is 1. The first-order valence-corrected chi connectivity index (χ1v) is 7.91. The highest BCUT2D eigenvalue weighted by Gasteiger charge is 2.34. The molecule has 0 heterocycles. The van der Waals surface area contributed by atoms with E-state index in [9.17, 15) is 9.90 Å². The molecular weight excluding hydrogens is 280 g/mol. The number of hydrogen-bond acceptors (Lipinski definition) is 3. The molecule has 1 aliphatic rings. The van der Waals surface area contributed by atoms with Crippen molar-refractivity contribution in [3.63, 3.8) is 0 Å². The van der Waals surface area contributed by atoms with Crippen LogP contribution in [0.15, 0.2) is 30.3 Å². The Morgan fingerprint density at radius 1 is 1.32 bits per heavy atom. The summed E-state index contributed by atoms with van der Waals surface area (Å²) in [5.74, 6) is 0. The van der Waals surface area contributed by atoms with E-state index >= 15 is 0 Å². The predicted octanol–water partition coefficient (Wildman–Crippen LogP) is 2.15. The number of methoxy groups -OCH3 is 1. The molecule has 5 heteroatoms. The van der Waals surface area contributed by atoms with Gasteiger partial charge in [-0.1, -0.05) is 43.2 Å². The van der Waals surface area contributed by atoms with E-state index in [0.717, 1.165) is 31.2 Å². The first kappa shape index (κ1) is 16.8. The number of carbonyl (C=O) groups is 1. The second kappa shape index (κ2) is 8.15. The predicted molar refractivity (Wildman–Crippen MR) is 85.5 cm³/mol. The summed E-state index contributed by atoms with van der Waals surface area (Å²) in [6.45, 7) is 1.83. The number of benzene rings is 1. The first-order chi connectivity index (χ1) is 10.6. The maximum atomic E-state index is 12.4. The summed E-state index contributed by atoms with van der Waals surface area (Å²) in [5, 5.41) is 13.5. The fourth-order valence-corrected chi connectivity index (χ4v) is 2.92. The van der Waals surface area contributed by atoms with Gasteiger partial charge in [-0.3, -0.25) is 0 Å². The summed E-state index contributed by atoms with van der Waals surface area (Å²) < 4.78 is 4.96. The second-order valence-electron chi connectivity index (χ2n) is 6.00. The van der Waals surface area contributed by atoms with Crippen LogP contribution < -0.4 is 5.32 Å². The number of nitrogens with zero attached hydrogens (tertiary/aromatic N) is 1. The number of rotatable bonds is 7. The lowest BCUT2D eigenvalue weighted by atomic mass is 10.0. The van der Waals surface area contributed by atoms with Crippen LogP contribution in [-0.4, -0.2) is 48.4 Å². The van der Waals surface area contributed by atoms with Crippen LogP contribution in [0.3, 0.4) is 0 Å². The molecule has 0 spiro atoms. The Bertz CT molecular complexity index is 458. The van der Waals surface area contributed by atoms with Gasteiger partial charge >= 0.3 is 6.03 Å². The second-order valence-corrected chi connectivity index (χ2v) is 6.00. The summed E-state index contributed by atoms with van der Waals surface area (Å²) in [6.07, 6.45) is 3.59. The highest BCUT2D eigenvalue weighted by atomic mass is 16.5. The van der Waals surface area contributed by atoms with Crippen LogP contribution in [0.4, 0.5) is 4.79 Å². The lowest BCUT2D eigenvalue weighted by Crippen LogP contribution is -2.48. The van der Waals surface area contributed by atoms with E-state index in [4.69, 9.17) is 4.74 Å². The van der Waals surface area contributed by atoms with Gasteiger partial charge in [0.25, 0.3) is 0 Å². The van der Waals surface area contributed by atoms with Crippen LogP contribution in [0.1, 0.15) is 31.2 Å². The van der Waals surface area contributed by atoms with Gasteiger partial charge in [0.05, 0.1) is 18.8 Å². The van der Waals surface area contributed by atoms with Crippen molar-refractivity contribution in [2.75, 3.05) is 26.8 Å². The molecule has 122 valence electrons. The molecule has 0 aliphatic heterocycles. The Balaban J connectivity index is 2.01. The molecule has 0 saturated heterocycles. The molecule has 0 bridgehead atoms. The van der Waals surface area contributed by atoms with Gasteiger partial charge in [0.1, 0.15) is 0 Å². The minimum atomic E-state index is -0.743. The SMILES string of the molecule is COCCNC(=O)N(Cc1ccccc1)CC1(O)CCCC1. The molecule has 1 fully saturated rings. The number of nitrogens with one attached hydrogen (secondary N) is 1. The van der Waals surface area contributed by atoms with Gasteiger partial charge in [0.15, 0.2) is 0 Å². The maximum absolute atomic E-state index is 12.4. The Morgan fingerprint density at radius 2 is 2.00 bits per heavy atom. The molecule has 1 aliphatic carbocycles. The van der Waals surface area contributed by atoms with Crippen LogP contribution in [0.5, 0.6) is 0 Å². The zero-order valence-corrected chi connectivity index (χ0v) is 13.3. The van der Waals surface area contributed by atoms with Gasteiger partial charge in [-0.15, -0.1) is 0 Å². The first-order valence-electron chi connectivity index (χ1n) is 7.91.